The predicted molar refractivity (Wildman–Crippen MR) is 96.0 cm³/mol. The van der Waals surface area contributed by atoms with Crippen molar-refractivity contribution in [3.05, 3.63) is 41.2 Å². The molecule has 2 aromatic rings. The minimum atomic E-state index is 0.121. The lowest BCUT2D eigenvalue weighted by Gasteiger charge is -2.34. The van der Waals surface area contributed by atoms with Crippen LogP contribution in [-0.2, 0) is 4.79 Å². The van der Waals surface area contributed by atoms with Gasteiger partial charge in [0.05, 0.1) is 0 Å². The molecule has 1 fully saturated rings. The van der Waals surface area contributed by atoms with E-state index in [0.29, 0.717) is 0 Å². The molecule has 1 aliphatic rings. The third-order valence-electron chi connectivity index (χ3n) is 4.23. The standard InChI is InChI=1S/C17H20ClN5O/c1-12-14(18)4-3-5-15(12)21-16-10-17(20-11-19-16)23-8-6-22(7-9-23)13(2)24/h3-5,10-11H,6-9H2,1-2H3,(H,19,20,21). The van der Waals surface area contributed by atoms with Gasteiger partial charge in [0, 0.05) is 49.9 Å². The molecule has 1 amide bonds. The SMILES string of the molecule is CC(=O)N1CCN(c2cc(Nc3cccc(Cl)c3C)ncn2)CC1. The molecule has 0 unspecified atom stereocenters. The van der Waals surface area contributed by atoms with E-state index in [1.165, 1.54) is 0 Å². The number of rotatable bonds is 3. The maximum atomic E-state index is 11.4. The average Bonchev–Trinajstić information content (AvgIpc) is 2.59. The molecule has 6 nitrogen and oxygen atoms in total. The van der Waals surface area contributed by atoms with E-state index >= 15 is 0 Å². The average molecular weight is 346 g/mol. The Hall–Kier alpha value is -2.34. The van der Waals surface area contributed by atoms with Crippen LogP contribution in [0.4, 0.5) is 17.3 Å². The molecule has 1 N–H and O–H groups in total. The number of carbonyl (C=O) groups excluding carboxylic acids is 1. The van der Waals surface area contributed by atoms with Gasteiger partial charge < -0.3 is 15.1 Å². The van der Waals surface area contributed by atoms with E-state index in [2.05, 4.69) is 20.2 Å². The number of halogens is 1. The van der Waals surface area contributed by atoms with Crippen molar-refractivity contribution in [2.75, 3.05) is 36.4 Å². The van der Waals surface area contributed by atoms with Crippen molar-refractivity contribution in [1.82, 2.24) is 14.9 Å². The second-order valence-corrected chi connectivity index (χ2v) is 6.20. The van der Waals surface area contributed by atoms with Gasteiger partial charge in [0.15, 0.2) is 0 Å². The number of nitrogens with one attached hydrogen (secondary N) is 1. The van der Waals surface area contributed by atoms with Crippen LogP contribution in [0.5, 0.6) is 0 Å². The van der Waals surface area contributed by atoms with E-state index in [1.54, 1.807) is 13.3 Å². The van der Waals surface area contributed by atoms with Crippen molar-refractivity contribution in [2.24, 2.45) is 0 Å². The van der Waals surface area contributed by atoms with E-state index in [0.717, 1.165) is 54.1 Å². The minimum Gasteiger partial charge on any atom is -0.353 e. The van der Waals surface area contributed by atoms with Crippen LogP contribution >= 0.6 is 11.6 Å². The number of amides is 1. The third kappa shape index (κ3) is 3.59. The zero-order valence-corrected chi connectivity index (χ0v) is 14.5. The number of hydrogen-bond acceptors (Lipinski definition) is 5. The quantitative estimate of drug-likeness (QED) is 0.926. The highest BCUT2D eigenvalue weighted by molar-refractivity contribution is 6.31. The summed E-state index contributed by atoms with van der Waals surface area (Å²) >= 11 is 6.16. The fraction of sp³-hybridized carbons (Fsp3) is 0.353. The molecule has 0 saturated carbocycles. The van der Waals surface area contributed by atoms with E-state index < -0.39 is 0 Å². The number of nitrogens with zero attached hydrogens (tertiary/aromatic N) is 4. The lowest BCUT2D eigenvalue weighted by molar-refractivity contribution is -0.129. The monoisotopic (exact) mass is 345 g/mol. The number of aromatic nitrogens is 2. The van der Waals surface area contributed by atoms with Crippen molar-refractivity contribution >= 4 is 34.8 Å². The van der Waals surface area contributed by atoms with Gasteiger partial charge in [0.2, 0.25) is 5.91 Å². The van der Waals surface area contributed by atoms with Crippen LogP contribution in [0.2, 0.25) is 5.02 Å². The summed E-state index contributed by atoms with van der Waals surface area (Å²) in [4.78, 5) is 24.1. The van der Waals surface area contributed by atoms with E-state index in [9.17, 15) is 4.79 Å². The van der Waals surface area contributed by atoms with Crippen molar-refractivity contribution in [3.63, 3.8) is 0 Å². The smallest absolute Gasteiger partial charge is 0.219 e. The summed E-state index contributed by atoms with van der Waals surface area (Å²) < 4.78 is 0. The Kier molecular flexibility index (Phi) is 4.85. The molecule has 0 spiro atoms. The number of benzene rings is 1. The highest BCUT2D eigenvalue weighted by Gasteiger charge is 2.19. The molecule has 2 heterocycles. The summed E-state index contributed by atoms with van der Waals surface area (Å²) in [7, 11) is 0. The molecule has 1 aliphatic heterocycles. The summed E-state index contributed by atoms with van der Waals surface area (Å²) in [6.45, 7) is 6.55. The first-order valence-electron chi connectivity index (χ1n) is 7.89. The van der Waals surface area contributed by atoms with Crippen LogP contribution < -0.4 is 10.2 Å². The topological polar surface area (TPSA) is 61.4 Å². The summed E-state index contributed by atoms with van der Waals surface area (Å²) in [6, 6.07) is 7.65. The van der Waals surface area contributed by atoms with Gasteiger partial charge in [-0.15, -0.1) is 0 Å². The molecule has 1 aromatic heterocycles. The first kappa shape index (κ1) is 16.5. The van der Waals surface area contributed by atoms with E-state index in [-0.39, 0.29) is 5.91 Å². The molecule has 0 bridgehead atoms. The van der Waals surface area contributed by atoms with Gasteiger partial charge in [-0.2, -0.15) is 0 Å². The zero-order chi connectivity index (χ0) is 17.1. The van der Waals surface area contributed by atoms with Crippen LogP contribution in [0.15, 0.2) is 30.6 Å². The molecule has 0 aliphatic carbocycles. The predicted octanol–water partition coefficient (Wildman–Crippen LogP) is 2.85. The van der Waals surface area contributed by atoms with E-state index in [4.69, 9.17) is 11.6 Å². The van der Waals surface area contributed by atoms with Crippen molar-refractivity contribution in [3.8, 4) is 0 Å². The molecule has 3 rings (SSSR count). The molecule has 7 heteroatoms. The largest absolute Gasteiger partial charge is 0.353 e. The minimum absolute atomic E-state index is 0.121. The van der Waals surface area contributed by atoms with Crippen molar-refractivity contribution in [1.29, 1.82) is 0 Å². The first-order valence-corrected chi connectivity index (χ1v) is 8.27. The number of hydrogen-bond donors (Lipinski definition) is 1. The van der Waals surface area contributed by atoms with Gasteiger partial charge in [-0.05, 0) is 24.6 Å². The lowest BCUT2D eigenvalue weighted by atomic mass is 10.2. The Bertz CT molecular complexity index is 744. The number of anilines is 3. The third-order valence-corrected chi connectivity index (χ3v) is 4.64. The summed E-state index contributed by atoms with van der Waals surface area (Å²) in [5, 5.41) is 4.01. The summed E-state index contributed by atoms with van der Waals surface area (Å²) in [5.74, 6) is 1.70. The Morgan fingerprint density at radius 3 is 2.67 bits per heavy atom. The number of carbonyl (C=O) groups is 1. The maximum Gasteiger partial charge on any atom is 0.219 e. The van der Waals surface area contributed by atoms with Crippen LogP contribution in [0.1, 0.15) is 12.5 Å². The fourth-order valence-corrected chi connectivity index (χ4v) is 2.89. The fourth-order valence-electron chi connectivity index (χ4n) is 2.72. The highest BCUT2D eigenvalue weighted by atomic mass is 35.5. The highest BCUT2D eigenvalue weighted by Crippen LogP contribution is 2.26. The van der Waals surface area contributed by atoms with Gasteiger partial charge in [-0.1, -0.05) is 17.7 Å². The Morgan fingerprint density at radius 2 is 1.96 bits per heavy atom. The second kappa shape index (κ2) is 7.05. The molecule has 24 heavy (non-hydrogen) atoms. The van der Waals surface area contributed by atoms with Gasteiger partial charge in [0.1, 0.15) is 18.0 Å². The Morgan fingerprint density at radius 1 is 1.21 bits per heavy atom. The molecule has 1 saturated heterocycles. The normalized spacial score (nSPS) is 14.6. The van der Waals surface area contributed by atoms with Crippen molar-refractivity contribution < 1.29 is 4.79 Å². The van der Waals surface area contributed by atoms with Gasteiger partial charge in [0.25, 0.3) is 0 Å². The molecule has 0 radical (unpaired) electrons. The molecule has 126 valence electrons. The second-order valence-electron chi connectivity index (χ2n) is 5.79. The van der Waals surface area contributed by atoms with Gasteiger partial charge >= 0.3 is 0 Å². The van der Waals surface area contributed by atoms with Gasteiger partial charge in [-0.3, -0.25) is 4.79 Å². The zero-order valence-electron chi connectivity index (χ0n) is 13.8. The van der Waals surface area contributed by atoms with Crippen molar-refractivity contribution in [2.45, 2.75) is 13.8 Å². The van der Waals surface area contributed by atoms with Crippen LogP contribution in [0, 0.1) is 6.92 Å². The lowest BCUT2D eigenvalue weighted by Crippen LogP contribution is -2.48. The maximum absolute atomic E-state index is 11.4. The first-order chi connectivity index (χ1) is 11.5. The Labute approximate surface area is 146 Å². The molecular formula is C17H20ClN5O. The molecule has 1 aromatic carbocycles. The van der Waals surface area contributed by atoms with E-state index in [1.807, 2.05) is 36.1 Å². The van der Waals surface area contributed by atoms with Crippen LogP contribution in [0.25, 0.3) is 0 Å². The summed E-state index contributed by atoms with van der Waals surface area (Å²) in [5.41, 5.74) is 1.91. The van der Waals surface area contributed by atoms with Crippen LogP contribution in [0.3, 0.4) is 0 Å². The Balaban J connectivity index is 1.73. The number of piperazine rings is 1. The van der Waals surface area contributed by atoms with Gasteiger partial charge in [-0.25, -0.2) is 9.97 Å². The molecular weight excluding hydrogens is 326 g/mol. The van der Waals surface area contributed by atoms with Crippen LogP contribution in [-0.4, -0.2) is 47.0 Å². The molecule has 0 atom stereocenters. The summed E-state index contributed by atoms with van der Waals surface area (Å²) in [6.07, 6.45) is 1.55.